The maximum atomic E-state index is 12.8. The van der Waals surface area contributed by atoms with Gasteiger partial charge in [-0.1, -0.05) is 30.3 Å². The van der Waals surface area contributed by atoms with E-state index in [1.807, 2.05) is 25.1 Å². The van der Waals surface area contributed by atoms with Gasteiger partial charge in [0.1, 0.15) is 11.6 Å². The summed E-state index contributed by atoms with van der Waals surface area (Å²) in [6, 6.07) is 12.9. The molecule has 7 heteroatoms. The molecule has 0 fully saturated rings. The maximum absolute atomic E-state index is 12.8. The number of amides is 1. The Bertz CT molecular complexity index is 1060. The van der Waals surface area contributed by atoms with Crippen LogP contribution in [0.1, 0.15) is 46.5 Å². The van der Waals surface area contributed by atoms with E-state index in [1.165, 1.54) is 17.7 Å². The van der Waals surface area contributed by atoms with Crippen LogP contribution in [-0.4, -0.2) is 32.1 Å². The van der Waals surface area contributed by atoms with Crippen molar-refractivity contribution in [1.29, 1.82) is 0 Å². The Labute approximate surface area is 162 Å². The van der Waals surface area contributed by atoms with Gasteiger partial charge >= 0.3 is 0 Å². The van der Waals surface area contributed by atoms with Gasteiger partial charge in [0.25, 0.3) is 5.91 Å². The zero-order valence-electron chi connectivity index (χ0n) is 16.0. The van der Waals surface area contributed by atoms with Crippen molar-refractivity contribution in [3.63, 3.8) is 0 Å². The van der Waals surface area contributed by atoms with Crippen molar-refractivity contribution in [2.45, 2.75) is 39.3 Å². The largest absolute Gasteiger partial charge is 0.456 e. The summed E-state index contributed by atoms with van der Waals surface area (Å²) < 4.78 is 7.58. The van der Waals surface area contributed by atoms with E-state index >= 15 is 0 Å². The highest BCUT2D eigenvalue weighted by atomic mass is 16.3. The third kappa shape index (κ3) is 3.60. The fourth-order valence-electron chi connectivity index (χ4n) is 3.70. The summed E-state index contributed by atoms with van der Waals surface area (Å²) in [6.45, 7) is 4.57. The minimum absolute atomic E-state index is 0.0463. The minimum atomic E-state index is -0.298. The van der Waals surface area contributed by atoms with E-state index in [2.05, 4.69) is 26.9 Å². The Kier molecular flexibility index (Phi) is 4.81. The Balaban J connectivity index is 1.52. The molecule has 0 spiro atoms. The number of nitrogens with zero attached hydrogens (tertiary/aromatic N) is 4. The van der Waals surface area contributed by atoms with Crippen molar-refractivity contribution in [2.24, 2.45) is 0 Å². The lowest BCUT2D eigenvalue weighted by Gasteiger charge is -2.32. The molecular weight excluding hydrogens is 356 g/mol. The van der Waals surface area contributed by atoms with E-state index in [1.54, 1.807) is 11.8 Å². The van der Waals surface area contributed by atoms with Crippen molar-refractivity contribution >= 4 is 5.91 Å². The number of carbonyl (C=O) groups is 1. The molecule has 1 aliphatic heterocycles. The first-order chi connectivity index (χ1) is 13.5. The number of aryl methyl sites for hydroxylation is 3. The van der Waals surface area contributed by atoms with E-state index in [0.717, 1.165) is 24.5 Å². The highest BCUT2D eigenvalue weighted by molar-refractivity contribution is 5.91. The lowest BCUT2D eigenvalue weighted by atomic mass is 10.1. The van der Waals surface area contributed by atoms with Crippen molar-refractivity contribution < 1.29 is 9.21 Å². The summed E-state index contributed by atoms with van der Waals surface area (Å²) in [5, 5.41) is 8.67. The standard InChI is InChI=1S/C21H22N4O3/c1-14-12-24(21(27)18-11-17(26)10-15(2)28-18)13-20-23-22-19(25(14)20)9-8-16-6-4-3-5-7-16/h3-7,10-11,14H,8-9,12-13H2,1-2H3/t14-/m0/s1. The summed E-state index contributed by atoms with van der Waals surface area (Å²) in [5.41, 5.74) is 1.03. The van der Waals surface area contributed by atoms with Crippen LogP contribution in [0.5, 0.6) is 0 Å². The number of rotatable bonds is 4. The molecule has 0 saturated heterocycles. The van der Waals surface area contributed by atoms with Crippen molar-refractivity contribution in [3.8, 4) is 0 Å². The number of hydrogen-bond donors (Lipinski definition) is 0. The highest BCUT2D eigenvalue weighted by Crippen LogP contribution is 2.23. The third-order valence-electron chi connectivity index (χ3n) is 4.96. The van der Waals surface area contributed by atoms with Crippen molar-refractivity contribution in [3.05, 3.63) is 81.4 Å². The minimum Gasteiger partial charge on any atom is -0.456 e. The van der Waals surface area contributed by atoms with Gasteiger partial charge in [0, 0.05) is 25.1 Å². The number of benzene rings is 1. The maximum Gasteiger partial charge on any atom is 0.290 e. The van der Waals surface area contributed by atoms with E-state index in [9.17, 15) is 9.59 Å². The van der Waals surface area contributed by atoms with Gasteiger partial charge in [0.05, 0.1) is 12.6 Å². The normalized spacial score (nSPS) is 16.1. The molecule has 1 atom stereocenters. The van der Waals surface area contributed by atoms with Crippen LogP contribution >= 0.6 is 0 Å². The van der Waals surface area contributed by atoms with Crippen LogP contribution in [-0.2, 0) is 19.4 Å². The summed E-state index contributed by atoms with van der Waals surface area (Å²) in [4.78, 5) is 26.2. The zero-order chi connectivity index (χ0) is 19.7. The van der Waals surface area contributed by atoms with Gasteiger partial charge < -0.3 is 13.9 Å². The summed E-state index contributed by atoms with van der Waals surface area (Å²) in [6.07, 6.45) is 1.69. The average Bonchev–Trinajstić information content (AvgIpc) is 3.09. The predicted molar refractivity (Wildman–Crippen MR) is 103 cm³/mol. The van der Waals surface area contributed by atoms with Crippen molar-refractivity contribution in [1.82, 2.24) is 19.7 Å². The molecule has 0 saturated carbocycles. The molecule has 28 heavy (non-hydrogen) atoms. The Morgan fingerprint density at radius 3 is 2.71 bits per heavy atom. The van der Waals surface area contributed by atoms with Gasteiger partial charge in [0.2, 0.25) is 0 Å². The Morgan fingerprint density at radius 2 is 1.96 bits per heavy atom. The monoisotopic (exact) mass is 378 g/mol. The van der Waals surface area contributed by atoms with Crippen LogP contribution in [0.3, 0.4) is 0 Å². The third-order valence-corrected chi connectivity index (χ3v) is 4.96. The molecule has 1 amide bonds. The molecule has 7 nitrogen and oxygen atoms in total. The molecule has 2 aromatic heterocycles. The van der Waals surface area contributed by atoms with Crippen LogP contribution in [0.2, 0.25) is 0 Å². The number of carbonyl (C=O) groups excluding carboxylic acids is 1. The number of fused-ring (bicyclic) bond motifs is 1. The fourth-order valence-corrected chi connectivity index (χ4v) is 3.70. The fraction of sp³-hybridized carbons (Fsp3) is 0.333. The summed E-state index contributed by atoms with van der Waals surface area (Å²) >= 11 is 0. The zero-order valence-corrected chi connectivity index (χ0v) is 16.0. The van der Waals surface area contributed by atoms with Crippen LogP contribution < -0.4 is 5.43 Å². The average molecular weight is 378 g/mol. The van der Waals surface area contributed by atoms with Gasteiger partial charge in [-0.15, -0.1) is 10.2 Å². The SMILES string of the molecule is Cc1cc(=O)cc(C(=O)N2Cc3nnc(CCc4ccccc4)n3[C@@H](C)C2)o1. The first-order valence-corrected chi connectivity index (χ1v) is 9.39. The van der Waals surface area contributed by atoms with Gasteiger partial charge in [-0.3, -0.25) is 9.59 Å². The van der Waals surface area contributed by atoms with Gasteiger partial charge in [-0.05, 0) is 25.8 Å². The molecule has 0 radical (unpaired) electrons. The predicted octanol–water partition coefficient (Wildman–Crippen LogP) is 2.54. The molecule has 0 N–H and O–H groups in total. The summed E-state index contributed by atoms with van der Waals surface area (Å²) in [7, 11) is 0. The smallest absolute Gasteiger partial charge is 0.290 e. The molecule has 144 valence electrons. The van der Waals surface area contributed by atoms with Crippen LogP contribution in [0.15, 0.2) is 51.7 Å². The van der Waals surface area contributed by atoms with Gasteiger partial charge in [0.15, 0.2) is 17.0 Å². The molecule has 0 aliphatic carbocycles. The molecule has 1 aromatic carbocycles. The number of aromatic nitrogens is 3. The molecule has 3 heterocycles. The van der Waals surface area contributed by atoms with Gasteiger partial charge in [-0.25, -0.2) is 0 Å². The van der Waals surface area contributed by atoms with Gasteiger partial charge in [-0.2, -0.15) is 0 Å². The molecule has 1 aliphatic rings. The van der Waals surface area contributed by atoms with Crippen LogP contribution in [0.25, 0.3) is 0 Å². The second-order valence-corrected chi connectivity index (χ2v) is 7.19. The van der Waals surface area contributed by atoms with Crippen LogP contribution in [0.4, 0.5) is 0 Å². The lowest BCUT2D eigenvalue weighted by molar-refractivity contribution is 0.0643. The highest BCUT2D eigenvalue weighted by Gasteiger charge is 2.30. The summed E-state index contributed by atoms with van der Waals surface area (Å²) in [5.74, 6) is 1.88. The van der Waals surface area contributed by atoms with E-state index in [0.29, 0.717) is 18.8 Å². The second kappa shape index (κ2) is 7.42. The van der Waals surface area contributed by atoms with Crippen LogP contribution in [0, 0.1) is 6.92 Å². The number of hydrogen-bond acceptors (Lipinski definition) is 5. The molecule has 4 rings (SSSR count). The topological polar surface area (TPSA) is 81.2 Å². The molecule has 0 unspecified atom stereocenters. The molecule has 0 bridgehead atoms. The second-order valence-electron chi connectivity index (χ2n) is 7.19. The molecule has 3 aromatic rings. The molecular formula is C21H22N4O3. The lowest BCUT2D eigenvalue weighted by Crippen LogP contribution is -2.41. The van der Waals surface area contributed by atoms with E-state index in [4.69, 9.17) is 4.42 Å². The van der Waals surface area contributed by atoms with E-state index < -0.39 is 0 Å². The Morgan fingerprint density at radius 1 is 1.18 bits per heavy atom. The first kappa shape index (κ1) is 18.2. The Hall–Kier alpha value is -3.22. The van der Waals surface area contributed by atoms with E-state index in [-0.39, 0.29) is 23.1 Å². The first-order valence-electron chi connectivity index (χ1n) is 9.39. The quantitative estimate of drug-likeness (QED) is 0.697. The van der Waals surface area contributed by atoms with Crippen molar-refractivity contribution in [2.75, 3.05) is 6.54 Å².